The van der Waals surface area contributed by atoms with Gasteiger partial charge in [-0.15, -0.1) is 11.8 Å². The number of nitrogens with zero attached hydrogens (tertiary/aromatic N) is 1. The van der Waals surface area contributed by atoms with Crippen LogP contribution in [0, 0.1) is 11.8 Å². The van der Waals surface area contributed by atoms with E-state index in [4.69, 9.17) is 5.14 Å². The molecule has 0 spiro atoms. The topological polar surface area (TPSA) is 194 Å². The highest BCUT2D eigenvalue weighted by Gasteiger charge is 2.60. The van der Waals surface area contributed by atoms with Crippen molar-refractivity contribution >= 4 is 33.8 Å². The number of hydrogen-bond donors (Lipinski definition) is 5. The zero-order valence-electron chi connectivity index (χ0n) is 15.5. The molecule has 0 aromatic heterocycles. The molecule has 6 unspecified atom stereocenters. The number of aliphatic hydroxyl groups excluding tert-OH is 1. The molecule has 1 amide bonds. The Morgan fingerprint density at radius 3 is 2.68 bits per heavy atom. The number of carboxylic acids is 1. The smallest absolute Gasteiger partial charge is 0.353 e. The first-order chi connectivity index (χ1) is 12.5. The molecule has 3 heterocycles. The van der Waals surface area contributed by atoms with Gasteiger partial charge in [-0.05, 0) is 13.3 Å². The fourth-order valence-corrected chi connectivity index (χ4v) is 6.05. The van der Waals surface area contributed by atoms with Crippen LogP contribution in [0.3, 0.4) is 0 Å². The number of aliphatic hydroxyl groups is 1. The molecule has 0 aromatic rings. The predicted molar refractivity (Wildman–Crippen MR) is 102 cm³/mol. The summed E-state index contributed by atoms with van der Waals surface area (Å²) in [5, 5.41) is 27.7. The number of nitrogens with one attached hydrogen (secondary N) is 2. The van der Waals surface area contributed by atoms with E-state index in [0.29, 0.717) is 17.9 Å². The summed E-state index contributed by atoms with van der Waals surface area (Å²) >= 11 is 1.41. The summed E-state index contributed by atoms with van der Waals surface area (Å²) < 4.78 is 24.3. The molecule has 13 heteroatoms. The first-order valence-corrected chi connectivity index (χ1v) is 11.1. The standard InChI is InChI=1S/C15H24N4O6S2.H2O/c1-6-11-10(7(2)20)14(21)19(11)12(15(22)23)13(6)26-9-3-8(17-5-9)4-18-27(16,24)25;/h6-11,17-18,20H,3-5H2,1-2H3,(H,22,23)(H2,16,24,25);1H2. The summed E-state index contributed by atoms with van der Waals surface area (Å²) in [5.74, 6) is -2.27. The number of rotatable bonds is 7. The van der Waals surface area contributed by atoms with Gasteiger partial charge in [-0.2, -0.15) is 8.42 Å². The van der Waals surface area contributed by atoms with Crippen molar-refractivity contribution in [2.24, 2.45) is 17.0 Å². The SMILES string of the molecule is CC(O)C1C(=O)N2C(C(=O)O)=C(SC3CNC(CNS(N)(=O)=O)C3)C(C)C12.O. The fourth-order valence-electron chi connectivity index (χ4n) is 4.10. The molecule has 0 bridgehead atoms. The Labute approximate surface area is 167 Å². The Hall–Kier alpha value is -1.22. The van der Waals surface area contributed by atoms with Crippen LogP contribution < -0.4 is 15.2 Å². The molecule has 3 aliphatic heterocycles. The molecule has 0 aliphatic carbocycles. The first kappa shape index (κ1) is 23.1. The number of carboxylic acid groups (broad SMARTS) is 1. The summed E-state index contributed by atoms with van der Waals surface area (Å²) in [5.41, 5.74) is 0.00510. The second-order valence-electron chi connectivity index (χ2n) is 7.25. The molecule has 0 saturated carbocycles. The number of fused-ring (bicyclic) bond motifs is 1. The Kier molecular flexibility index (Phi) is 6.80. The third-order valence-electron chi connectivity index (χ3n) is 5.32. The molecule has 160 valence electrons. The maximum atomic E-state index is 12.3. The van der Waals surface area contributed by atoms with E-state index in [0.717, 1.165) is 0 Å². The van der Waals surface area contributed by atoms with Crippen molar-refractivity contribution in [1.29, 1.82) is 0 Å². The van der Waals surface area contributed by atoms with E-state index in [9.17, 15) is 28.2 Å². The Morgan fingerprint density at radius 1 is 1.50 bits per heavy atom. The van der Waals surface area contributed by atoms with E-state index < -0.39 is 28.2 Å². The van der Waals surface area contributed by atoms with Crippen LogP contribution in [0.15, 0.2) is 10.6 Å². The van der Waals surface area contributed by atoms with Crippen LogP contribution in [0.1, 0.15) is 20.3 Å². The monoisotopic (exact) mass is 438 g/mol. The van der Waals surface area contributed by atoms with Crippen molar-refractivity contribution in [3.05, 3.63) is 10.6 Å². The zero-order valence-corrected chi connectivity index (χ0v) is 17.1. The maximum absolute atomic E-state index is 12.3. The van der Waals surface area contributed by atoms with Gasteiger partial charge in [0.25, 0.3) is 10.2 Å². The number of hydrogen-bond acceptors (Lipinski definition) is 7. The predicted octanol–water partition coefficient (Wildman–Crippen LogP) is -2.43. The van der Waals surface area contributed by atoms with Crippen molar-refractivity contribution < 1.29 is 33.7 Å². The van der Waals surface area contributed by atoms with Gasteiger partial charge in [0, 0.05) is 35.2 Å². The van der Waals surface area contributed by atoms with Crippen molar-refractivity contribution in [3.8, 4) is 0 Å². The summed E-state index contributed by atoms with van der Waals surface area (Å²) in [4.78, 5) is 26.1. The number of β-lactam (4-membered cyclic amide) rings is 1. The van der Waals surface area contributed by atoms with Crippen LogP contribution in [0.25, 0.3) is 0 Å². The van der Waals surface area contributed by atoms with Gasteiger partial charge in [-0.1, -0.05) is 6.92 Å². The summed E-state index contributed by atoms with van der Waals surface area (Å²) in [6.07, 6.45) is -0.197. The molecular formula is C15H26N4O7S2. The van der Waals surface area contributed by atoms with E-state index >= 15 is 0 Å². The minimum Gasteiger partial charge on any atom is -0.477 e. The molecule has 28 heavy (non-hydrogen) atoms. The summed E-state index contributed by atoms with van der Waals surface area (Å²) in [6.45, 7) is 4.17. The van der Waals surface area contributed by atoms with Gasteiger partial charge in [-0.25, -0.2) is 14.7 Å². The number of aliphatic carboxylic acids is 1. The van der Waals surface area contributed by atoms with Crippen molar-refractivity contribution in [1.82, 2.24) is 14.9 Å². The van der Waals surface area contributed by atoms with Gasteiger partial charge in [0.05, 0.1) is 18.1 Å². The second-order valence-corrected chi connectivity index (χ2v) is 9.97. The molecule has 11 nitrogen and oxygen atoms in total. The molecular weight excluding hydrogens is 412 g/mol. The number of amides is 1. The van der Waals surface area contributed by atoms with Crippen LogP contribution in [0.5, 0.6) is 0 Å². The number of carbonyl (C=O) groups is 2. The minimum absolute atomic E-state index is 0. The molecule has 0 radical (unpaired) electrons. The lowest BCUT2D eigenvalue weighted by Crippen LogP contribution is -2.63. The van der Waals surface area contributed by atoms with Gasteiger partial charge < -0.3 is 25.9 Å². The quantitative estimate of drug-likeness (QED) is 0.271. The average Bonchev–Trinajstić information content (AvgIpc) is 3.07. The third-order valence-corrected chi connectivity index (χ3v) is 7.40. The Bertz CT molecular complexity index is 785. The van der Waals surface area contributed by atoms with Crippen molar-refractivity contribution in [2.75, 3.05) is 13.1 Å². The molecule has 3 aliphatic rings. The Balaban J connectivity index is 0.00000280. The van der Waals surface area contributed by atoms with Crippen LogP contribution in [0.2, 0.25) is 0 Å². The van der Waals surface area contributed by atoms with Crippen LogP contribution in [-0.4, -0.2) is 77.4 Å². The second kappa shape index (κ2) is 8.26. The Morgan fingerprint density at radius 2 is 2.14 bits per heavy atom. The van der Waals surface area contributed by atoms with E-state index in [-0.39, 0.29) is 46.9 Å². The summed E-state index contributed by atoms with van der Waals surface area (Å²) in [7, 11) is -3.76. The lowest BCUT2D eigenvalue weighted by atomic mass is 9.79. The third kappa shape index (κ3) is 4.20. The summed E-state index contributed by atoms with van der Waals surface area (Å²) in [6, 6.07) is -0.435. The largest absolute Gasteiger partial charge is 0.477 e. The molecule has 8 N–H and O–H groups in total. The van der Waals surface area contributed by atoms with Gasteiger partial charge in [0.2, 0.25) is 5.91 Å². The fraction of sp³-hybridized carbons (Fsp3) is 0.733. The van der Waals surface area contributed by atoms with E-state index in [2.05, 4.69) is 10.0 Å². The van der Waals surface area contributed by atoms with Gasteiger partial charge in [-0.3, -0.25) is 4.79 Å². The number of carbonyl (C=O) groups excluding carboxylic acids is 1. The molecule has 2 fully saturated rings. The molecule has 6 atom stereocenters. The van der Waals surface area contributed by atoms with Gasteiger partial charge in [0.15, 0.2) is 0 Å². The van der Waals surface area contributed by atoms with Crippen LogP contribution >= 0.6 is 11.8 Å². The highest BCUT2D eigenvalue weighted by Crippen LogP contribution is 2.51. The van der Waals surface area contributed by atoms with Crippen LogP contribution in [-0.2, 0) is 19.8 Å². The lowest BCUT2D eigenvalue weighted by Gasteiger charge is -2.46. The molecule has 3 rings (SSSR count). The van der Waals surface area contributed by atoms with E-state index in [1.807, 2.05) is 6.92 Å². The van der Waals surface area contributed by atoms with E-state index in [1.54, 1.807) is 6.92 Å². The zero-order chi connectivity index (χ0) is 20.1. The van der Waals surface area contributed by atoms with Crippen LogP contribution in [0.4, 0.5) is 0 Å². The molecule has 2 saturated heterocycles. The van der Waals surface area contributed by atoms with Gasteiger partial charge >= 0.3 is 5.97 Å². The maximum Gasteiger partial charge on any atom is 0.353 e. The number of nitrogens with two attached hydrogens (primary N) is 1. The average molecular weight is 439 g/mol. The first-order valence-electron chi connectivity index (χ1n) is 8.67. The van der Waals surface area contributed by atoms with Gasteiger partial charge in [0.1, 0.15) is 5.70 Å². The van der Waals surface area contributed by atoms with Crippen molar-refractivity contribution in [2.45, 2.75) is 43.7 Å². The minimum atomic E-state index is -3.76. The molecule has 0 aromatic carbocycles. The number of thioether (sulfide) groups is 1. The highest BCUT2D eigenvalue weighted by atomic mass is 32.2. The van der Waals surface area contributed by atoms with Crippen molar-refractivity contribution in [3.63, 3.8) is 0 Å². The lowest BCUT2D eigenvalue weighted by molar-refractivity contribution is -0.163. The highest BCUT2D eigenvalue weighted by molar-refractivity contribution is 8.03. The van der Waals surface area contributed by atoms with E-state index in [1.165, 1.54) is 16.7 Å². The normalized spacial score (nSPS) is 33.4.